The van der Waals surface area contributed by atoms with Crippen LogP contribution in [0.1, 0.15) is 6.42 Å². The number of halogens is 1. The molecule has 0 fully saturated rings. The number of nitrogens with one attached hydrogen (secondary N) is 1. The minimum Gasteiger partial charge on any atom is -0.396 e. The van der Waals surface area contributed by atoms with E-state index >= 15 is 0 Å². The van der Waals surface area contributed by atoms with Crippen LogP contribution in [0.5, 0.6) is 0 Å². The average molecular weight is 272 g/mol. The molecular formula is C10H14ClN5O2. The lowest BCUT2D eigenvalue weighted by atomic mass is 10.1. The number of H-pyrrole nitrogens is 1. The number of rotatable bonds is 5. The van der Waals surface area contributed by atoms with Crippen LogP contribution in [0.4, 0.5) is 5.95 Å². The standard InChI is InChI=1S/C10H14ClN5O2/c11-3-6(4-17)1-2-16-5-13-7-8(16)14-10(12)15-9(7)18/h5-6,17H,1-4H2,(H3,12,14,15,18). The maximum absolute atomic E-state index is 11.6. The molecule has 7 nitrogen and oxygen atoms in total. The van der Waals surface area contributed by atoms with Crippen molar-refractivity contribution in [3.8, 4) is 0 Å². The number of aliphatic hydroxyl groups is 1. The molecule has 0 aliphatic carbocycles. The van der Waals surface area contributed by atoms with Crippen LogP contribution in [0.25, 0.3) is 11.2 Å². The van der Waals surface area contributed by atoms with Crippen molar-refractivity contribution in [1.82, 2.24) is 19.5 Å². The Kier molecular flexibility index (Phi) is 3.83. The Bertz CT molecular complexity index is 589. The molecule has 0 saturated carbocycles. The summed E-state index contributed by atoms with van der Waals surface area (Å²) in [5.41, 5.74) is 5.84. The molecule has 0 aliphatic rings. The molecule has 0 saturated heterocycles. The SMILES string of the molecule is Nc1nc2c(ncn2CCC(CO)CCl)c(=O)[nH]1. The summed E-state index contributed by atoms with van der Waals surface area (Å²) in [6.07, 6.45) is 2.22. The topological polar surface area (TPSA) is 110 Å². The summed E-state index contributed by atoms with van der Waals surface area (Å²) >= 11 is 5.70. The Balaban J connectivity index is 2.27. The van der Waals surface area contributed by atoms with Crippen LogP contribution < -0.4 is 11.3 Å². The maximum Gasteiger partial charge on any atom is 0.280 e. The molecule has 2 heterocycles. The largest absolute Gasteiger partial charge is 0.396 e. The van der Waals surface area contributed by atoms with E-state index in [0.717, 1.165) is 0 Å². The lowest BCUT2D eigenvalue weighted by Gasteiger charge is -2.10. The molecule has 4 N–H and O–H groups in total. The van der Waals surface area contributed by atoms with Gasteiger partial charge in [-0.25, -0.2) is 4.98 Å². The predicted molar refractivity (Wildman–Crippen MR) is 68.5 cm³/mol. The highest BCUT2D eigenvalue weighted by Gasteiger charge is 2.11. The van der Waals surface area contributed by atoms with Gasteiger partial charge in [0.1, 0.15) is 0 Å². The number of hydrogen-bond donors (Lipinski definition) is 3. The molecular weight excluding hydrogens is 258 g/mol. The average Bonchev–Trinajstić information content (AvgIpc) is 2.74. The molecule has 2 rings (SSSR count). The van der Waals surface area contributed by atoms with Gasteiger partial charge < -0.3 is 15.4 Å². The monoisotopic (exact) mass is 271 g/mol. The zero-order valence-electron chi connectivity index (χ0n) is 9.64. The Morgan fingerprint density at radius 1 is 1.61 bits per heavy atom. The molecule has 0 aromatic carbocycles. The number of imidazole rings is 1. The third-order valence-corrected chi connectivity index (χ3v) is 3.18. The fourth-order valence-corrected chi connectivity index (χ4v) is 1.93. The Hall–Kier alpha value is -1.60. The number of aromatic nitrogens is 4. The summed E-state index contributed by atoms with van der Waals surface area (Å²) in [5, 5.41) is 9.06. The van der Waals surface area contributed by atoms with E-state index in [9.17, 15) is 4.79 Å². The van der Waals surface area contributed by atoms with Gasteiger partial charge in [0.05, 0.1) is 6.33 Å². The first kappa shape index (κ1) is 12.8. The first-order valence-electron chi connectivity index (χ1n) is 5.53. The van der Waals surface area contributed by atoms with E-state index < -0.39 is 0 Å². The van der Waals surface area contributed by atoms with Gasteiger partial charge in [-0.2, -0.15) is 4.98 Å². The highest BCUT2D eigenvalue weighted by Crippen LogP contribution is 2.11. The molecule has 1 atom stereocenters. The van der Waals surface area contributed by atoms with Gasteiger partial charge in [-0.3, -0.25) is 9.78 Å². The first-order chi connectivity index (χ1) is 8.65. The normalized spacial score (nSPS) is 13.0. The third-order valence-electron chi connectivity index (χ3n) is 2.75. The second-order valence-electron chi connectivity index (χ2n) is 4.05. The van der Waals surface area contributed by atoms with Gasteiger partial charge in [0.15, 0.2) is 11.2 Å². The fraction of sp³-hybridized carbons (Fsp3) is 0.500. The van der Waals surface area contributed by atoms with Crippen molar-refractivity contribution in [1.29, 1.82) is 0 Å². The summed E-state index contributed by atoms with van der Waals surface area (Å²) < 4.78 is 1.73. The predicted octanol–water partition coefficient (Wildman–Crippen LogP) is -0.0608. The molecule has 18 heavy (non-hydrogen) atoms. The molecule has 0 amide bonds. The Morgan fingerprint density at radius 3 is 3.06 bits per heavy atom. The Morgan fingerprint density at radius 2 is 2.39 bits per heavy atom. The summed E-state index contributed by atoms with van der Waals surface area (Å²) in [6.45, 7) is 0.608. The van der Waals surface area contributed by atoms with Crippen LogP contribution in [0.15, 0.2) is 11.1 Å². The highest BCUT2D eigenvalue weighted by atomic mass is 35.5. The van der Waals surface area contributed by atoms with Crippen LogP contribution >= 0.6 is 11.6 Å². The molecule has 1 unspecified atom stereocenters. The second-order valence-corrected chi connectivity index (χ2v) is 4.36. The van der Waals surface area contributed by atoms with Gasteiger partial charge in [0, 0.05) is 19.0 Å². The van der Waals surface area contributed by atoms with Crippen molar-refractivity contribution < 1.29 is 5.11 Å². The van der Waals surface area contributed by atoms with Crippen LogP contribution in [0.3, 0.4) is 0 Å². The summed E-state index contributed by atoms with van der Waals surface area (Å²) in [5.74, 6) is 0.466. The van der Waals surface area contributed by atoms with E-state index in [0.29, 0.717) is 24.5 Å². The first-order valence-corrected chi connectivity index (χ1v) is 6.06. The quantitative estimate of drug-likeness (QED) is 0.660. The zero-order chi connectivity index (χ0) is 13.1. The smallest absolute Gasteiger partial charge is 0.280 e. The number of nitrogen functional groups attached to an aromatic ring is 1. The van der Waals surface area contributed by atoms with E-state index in [2.05, 4.69) is 15.0 Å². The van der Waals surface area contributed by atoms with E-state index in [-0.39, 0.29) is 29.5 Å². The number of aliphatic hydroxyl groups excluding tert-OH is 1. The van der Waals surface area contributed by atoms with E-state index in [1.54, 1.807) is 4.57 Å². The number of hydrogen-bond acceptors (Lipinski definition) is 5. The summed E-state index contributed by atoms with van der Waals surface area (Å²) in [7, 11) is 0. The number of nitrogens with zero attached hydrogens (tertiary/aromatic N) is 3. The summed E-state index contributed by atoms with van der Waals surface area (Å²) in [6, 6.07) is 0. The minimum absolute atomic E-state index is 0.0171. The number of aryl methyl sites for hydroxylation is 1. The van der Waals surface area contributed by atoms with Crippen molar-refractivity contribution in [2.24, 2.45) is 5.92 Å². The van der Waals surface area contributed by atoms with Gasteiger partial charge in [-0.15, -0.1) is 11.6 Å². The fourth-order valence-electron chi connectivity index (χ4n) is 1.67. The number of anilines is 1. The van der Waals surface area contributed by atoms with Crippen molar-refractivity contribution in [2.75, 3.05) is 18.2 Å². The summed E-state index contributed by atoms with van der Waals surface area (Å²) in [4.78, 5) is 22.0. The van der Waals surface area contributed by atoms with Gasteiger partial charge in [0.2, 0.25) is 5.95 Å². The van der Waals surface area contributed by atoms with Crippen molar-refractivity contribution in [3.05, 3.63) is 16.7 Å². The number of nitrogens with two attached hydrogens (primary N) is 1. The van der Waals surface area contributed by atoms with E-state index in [1.165, 1.54) is 6.33 Å². The van der Waals surface area contributed by atoms with E-state index in [4.69, 9.17) is 22.4 Å². The lowest BCUT2D eigenvalue weighted by molar-refractivity contribution is 0.228. The molecule has 2 aromatic rings. The number of fused-ring (bicyclic) bond motifs is 1. The number of aromatic amines is 1. The highest BCUT2D eigenvalue weighted by molar-refractivity contribution is 6.18. The van der Waals surface area contributed by atoms with Crippen molar-refractivity contribution in [3.63, 3.8) is 0 Å². The molecule has 98 valence electrons. The molecule has 0 spiro atoms. The van der Waals surface area contributed by atoms with E-state index in [1.807, 2.05) is 0 Å². The maximum atomic E-state index is 11.6. The van der Waals surface area contributed by atoms with Gasteiger partial charge in [-0.05, 0) is 12.3 Å². The van der Waals surface area contributed by atoms with Crippen molar-refractivity contribution >= 4 is 28.7 Å². The minimum atomic E-state index is -0.354. The second kappa shape index (κ2) is 5.36. The van der Waals surface area contributed by atoms with Crippen molar-refractivity contribution in [2.45, 2.75) is 13.0 Å². The van der Waals surface area contributed by atoms with Gasteiger partial charge in [0.25, 0.3) is 5.56 Å². The zero-order valence-corrected chi connectivity index (χ0v) is 10.4. The molecule has 2 aromatic heterocycles. The van der Waals surface area contributed by atoms with Gasteiger partial charge >= 0.3 is 0 Å². The van der Waals surface area contributed by atoms with Crippen LogP contribution in [-0.2, 0) is 6.54 Å². The molecule has 0 bridgehead atoms. The molecule has 0 aliphatic heterocycles. The molecule has 8 heteroatoms. The lowest BCUT2D eigenvalue weighted by Crippen LogP contribution is -2.14. The Labute approximate surface area is 108 Å². The number of alkyl halides is 1. The third kappa shape index (κ3) is 2.46. The van der Waals surface area contributed by atoms with Gasteiger partial charge in [-0.1, -0.05) is 0 Å². The van der Waals surface area contributed by atoms with Crippen LogP contribution in [-0.4, -0.2) is 37.1 Å². The van der Waals surface area contributed by atoms with Crippen LogP contribution in [0.2, 0.25) is 0 Å². The molecule has 0 radical (unpaired) electrons. The van der Waals surface area contributed by atoms with Crippen LogP contribution in [0, 0.1) is 5.92 Å².